The van der Waals surface area contributed by atoms with E-state index in [1.54, 1.807) is 36.0 Å². The molecular weight excluding hydrogens is 863 g/mol. The Morgan fingerprint density at radius 3 is 2.14 bits per heavy atom. The number of fused-ring (bicyclic) bond motifs is 2. The number of nitrogens with one attached hydrogen (secondary N) is 1. The predicted molar refractivity (Wildman–Crippen MR) is 255 cm³/mol. The van der Waals surface area contributed by atoms with Gasteiger partial charge in [-0.05, 0) is 66.8 Å². The van der Waals surface area contributed by atoms with Crippen LogP contribution in [0.2, 0.25) is 0 Å². The number of thioether (sulfide) groups is 1. The van der Waals surface area contributed by atoms with E-state index in [0.29, 0.717) is 24.7 Å². The van der Waals surface area contributed by atoms with Crippen molar-refractivity contribution < 1.29 is 53.1 Å². The van der Waals surface area contributed by atoms with Crippen LogP contribution in [0.3, 0.4) is 0 Å². The number of nitrogens with zero attached hydrogens (tertiary/aromatic N) is 6. The lowest BCUT2D eigenvalue weighted by atomic mass is 10.0. The van der Waals surface area contributed by atoms with Crippen molar-refractivity contribution in [2.45, 2.75) is 49.6 Å². The number of quaternary nitrogens is 1. The third-order valence-electron chi connectivity index (χ3n) is 11.7. The van der Waals surface area contributed by atoms with Gasteiger partial charge in [-0.25, -0.2) is 0 Å². The molecule has 1 aromatic heterocycles. The fourth-order valence-corrected chi connectivity index (χ4v) is 9.40. The number of aliphatic carboxylic acids is 3. The molecule has 4 N–H and O–H groups in total. The molecule has 16 nitrogen and oxygen atoms in total. The lowest BCUT2D eigenvalue weighted by Gasteiger charge is -2.34. The number of carbonyl (C=O) groups excluding carboxylic acids is 3. The standard InChI is InChI=1S/C49H61N7O9S/c1-51-43-13-6-7-14-44(43)66-46(51)32-38-20-22-54(42-12-5-4-11-41(38)42)21-10-28-56(2,3)27-9-8-15-45(59)50-39-18-16-37(17-19-39)31-40(55(26-30-58)36-49(64)65)33-53(35-48(62)63)24-23-52(25-29-57)34-47(60)61/h4-7,11-14,16-20,22,29-30,32,40H,8-10,15,21,23-28,31,33-36H2,1-3H3,(H2-2,50,59,60,61,62,63,64,65)/p+2. The Balaban J connectivity index is 1.10. The summed E-state index contributed by atoms with van der Waals surface area (Å²) in [5.74, 6) is -3.56. The summed E-state index contributed by atoms with van der Waals surface area (Å²) in [7, 11) is 6.57. The summed E-state index contributed by atoms with van der Waals surface area (Å²) >= 11 is 1.79. The number of aryl methyl sites for hydroxylation is 1. The molecule has 0 spiro atoms. The normalized spacial score (nSPS) is 13.7. The van der Waals surface area contributed by atoms with E-state index in [9.17, 15) is 44.1 Å². The van der Waals surface area contributed by atoms with Crippen LogP contribution in [0.4, 0.5) is 11.4 Å². The smallest absolute Gasteiger partial charge is 0.317 e. The van der Waals surface area contributed by atoms with Crippen LogP contribution in [0.15, 0.2) is 95.0 Å². The maximum absolute atomic E-state index is 13.0. The molecule has 66 heavy (non-hydrogen) atoms. The van der Waals surface area contributed by atoms with Gasteiger partial charge in [-0.1, -0.05) is 48.2 Å². The first-order valence-corrected chi connectivity index (χ1v) is 23.0. The molecule has 4 aromatic rings. The second-order valence-corrected chi connectivity index (χ2v) is 18.4. The summed E-state index contributed by atoms with van der Waals surface area (Å²) in [5, 5.41) is 33.9. The second-order valence-electron chi connectivity index (χ2n) is 17.3. The van der Waals surface area contributed by atoms with Gasteiger partial charge in [0, 0.05) is 61.9 Å². The molecule has 2 heterocycles. The van der Waals surface area contributed by atoms with E-state index < -0.39 is 43.6 Å². The fraction of sp³-hybridized carbons (Fsp3) is 0.408. The van der Waals surface area contributed by atoms with Crippen molar-refractivity contribution in [3.05, 3.63) is 101 Å². The minimum absolute atomic E-state index is 0.0420. The zero-order valence-electron chi connectivity index (χ0n) is 38.1. The number of carboxylic acids is 3. The van der Waals surface area contributed by atoms with E-state index >= 15 is 0 Å². The summed E-state index contributed by atoms with van der Waals surface area (Å²) in [5.41, 5.74) is 4.98. The number of aldehydes is 2. The van der Waals surface area contributed by atoms with E-state index in [4.69, 9.17) is 0 Å². The third-order valence-corrected chi connectivity index (χ3v) is 12.9. The Morgan fingerprint density at radius 1 is 0.788 bits per heavy atom. The van der Waals surface area contributed by atoms with Crippen molar-refractivity contribution in [1.82, 2.24) is 14.7 Å². The molecule has 0 radical (unpaired) electrons. The monoisotopic (exact) mass is 925 g/mol. The summed E-state index contributed by atoms with van der Waals surface area (Å²) in [4.78, 5) is 78.5. The highest BCUT2D eigenvalue weighted by Gasteiger charge is 2.26. The van der Waals surface area contributed by atoms with Gasteiger partial charge < -0.3 is 39.6 Å². The van der Waals surface area contributed by atoms with Crippen LogP contribution in [0.25, 0.3) is 17.0 Å². The Kier molecular flexibility index (Phi) is 19.4. The number of hydrogen-bond acceptors (Lipinski definition) is 11. The number of carboxylic acid groups (broad SMARTS) is 3. The number of para-hydroxylation sites is 2. The minimum Gasteiger partial charge on any atom is -0.480 e. The van der Waals surface area contributed by atoms with Crippen molar-refractivity contribution in [2.75, 3.05) is 96.8 Å². The molecule has 0 aliphatic carbocycles. The van der Waals surface area contributed by atoms with Crippen LogP contribution in [0.5, 0.6) is 0 Å². The molecule has 1 aliphatic heterocycles. The van der Waals surface area contributed by atoms with Gasteiger partial charge in [0.2, 0.25) is 11.4 Å². The quantitative estimate of drug-likeness (QED) is 0.0259. The van der Waals surface area contributed by atoms with Gasteiger partial charge in [0.15, 0.2) is 12.7 Å². The van der Waals surface area contributed by atoms with Crippen LogP contribution in [-0.2, 0) is 41.7 Å². The molecule has 1 unspecified atom stereocenters. The first-order valence-electron chi connectivity index (χ1n) is 22.2. The number of benzene rings is 3. The predicted octanol–water partition coefficient (Wildman–Crippen LogP) is 4.41. The van der Waals surface area contributed by atoms with Gasteiger partial charge in [-0.15, -0.1) is 0 Å². The molecule has 3 aromatic carbocycles. The Morgan fingerprint density at radius 2 is 1.44 bits per heavy atom. The van der Waals surface area contributed by atoms with Gasteiger partial charge in [0.05, 0.1) is 82.4 Å². The average Bonchev–Trinajstić information content (AvgIpc) is 3.58. The van der Waals surface area contributed by atoms with E-state index in [1.807, 2.05) is 0 Å². The number of hydrogen-bond donors (Lipinski definition) is 4. The van der Waals surface area contributed by atoms with Crippen molar-refractivity contribution >= 4 is 76.5 Å². The zero-order valence-corrected chi connectivity index (χ0v) is 38.9. The highest BCUT2D eigenvalue weighted by molar-refractivity contribution is 8.03. The van der Waals surface area contributed by atoms with Gasteiger partial charge >= 0.3 is 17.9 Å². The van der Waals surface area contributed by atoms with Crippen LogP contribution in [-0.4, -0.2) is 164 Å². The number of pyridine rings is 1. The first kappa shape index (κ1) is 51.0. The topological polar surface area (TPSA) is 192 Å². The number of carbonyl (C=O) groups is 6. The minimum atomic E-state index is -1.16. The summed E-state index contributed by atoms with van der Waals surface area (Å²) < 4.78 is 3.18. The van der Waals surface area contributed by atoms with Gasteiger partial charge in [0.1, 0.15) is 12.6 Å². The van der Waals surface area contributed by atoms with E-state index in [1.165, 1.54) is 46.8 Å². The Bertz CT molecular complexity index is 2340. The van der Waals surface area contributed by atoms with Gasteiger partial charge in [0.25, 0.3) is 0 Å². The van der Waals surface area contributed by atoms with Crippen LogP contribution in [0.1, 0.15) is 36.8 Å². The maximum atomic E-state index is 13.0. The van der Waals surface area contributed by atoms with Gasteiger partial charge in [-0.3, -0.25) is 33.9 Å². The molecule has 0 bridgehead atoms. The zero-order chi connectivity index (χ0) is 47.6. The van der Waals surface area contributed by atoms with Crippen LogP contribution in [0, 0.1) is 0 Å². The van der Waals surface area contributed by atoms with Crippen molar-refractivity contribution in [3.8, 4) is 0 Å². The van der Waals surface area contributed by atoms with Crippen molar-refractivity contribution in [2.24, 2.45) is 0 Å². The lowest BCUT2D eigenvalue weighted by molar-refractivity contribution is -0.892. The van der Waals surface area contributed by atoms with E-state index in [2.05, 4.69) is 103 Å². The van der Waals surface area contributed by atoms with Crippen LogP contribution < -0.4 is 14.8 Å². The average molecular weight is 926 g/mol. The van der Waals surface area contributed by atoms with Crippen LogP contribution >= 0.6 is 11.8 Å². The Labute approximate surface area is 390 Å². The van der Waals surface area contributed by atoms with Crippen molar-refractivity contribution in [1.29, 1.82) is 0 Å². The molecule has 352 valence electrons. The maximum Gasteiger partial charge on any atom is 0.317 e. The summed E-state index contributed by atoms with van der Waals surface area (Å²) in [6.07, 6.45) is 8.85. The van der Waals surface area contributed by atoms with E-state index in [-0.39, 0.29) is 45.1 Å². The summed E-state index contributed by atoms with van der Waals surface area (Å²) in [6, 6.07) is 25.7. The molecule has 1 aliphatic rings. The molecule has 5 rings (SSSR count). The second kappa shape index (κ2) is 25.1. The first-order chi connectivity index (χ1) is 31.6. The number of unbranched alkanes of at least 4 members (excludes halogenated alkanes) is 1. The molecule has 0 saturated heterocycles. The molecule has 17 heteroatoms. The van der Waals surface area contributed by atoms with Crippen molar-refractivity contribution in [3.63, 3.8) is 0 Å². The van der Waals surface area contributed by atoms with E-state index in [0.717, 1.165) is 48.9 Å². The molecule has 0 saturated carbocycles. The third kappa shape index (κ3) is 15.9. The number of anilines is 2. The van der Waals surface area contributed by atoms with Gasteiger partial charge in [-0.2, -0.15) is 4.57 Å². The summed E-state index contributed by atoms with van der Waals surface area (Å²) in [6.45, 7) is 1.32. The Hall–Kier alpha value is -5.98. The molecule has 1 atom stereocenters. The number of amides is 1. The lowest BCUT2D eigenvalue weighted by Crippen LogP contribution is -2.50. The molecule has 1 amide bonds. The largest absolute Gasteiger partial charge is 0.480 e. The highest BCUT2D eigenvalue weighted by Crippen LogP contribution is 2.45. The fourth-order valence-electron chi connectivity index (χ4n) is 8.30. The molecular formula is C49H63N7O9S+2. The SMILES string of the molecule is CN1/C(=C/c2cc[n+](CCC[N+](C)(C)CCCCC(=O)Nc3ccc(CC(CN(CCN(CC=O)CC(=O)O)CC(=O)O)N(CC=O)CC(=O)O)cc3)c3ccccc23)Sc2ccccc21. The number of rotatable bonds is 29. The number of aromatic nitrogens is 1. The highest BCUT2D eigenvalue weighted by atomic mass is 32.2. The molecule has 0 fully saturated rings.